The van der Waals surface area contributed by atoms with E-state index in [0.717, 1.165) is 36.5 Å². The Labute approximate surface area is 143 Å². The van der Waals surface area contributed by atoms with Gasteiger partial charge in [0.1, 0.15) is 11.5 Å². The van der Waals surface area contributed by atoms with Crippen LogP contribution >= 0.6 is 0 Å². The first-order valence-electron chi connectivity index (χ1n) is 8.29. The average Bonchev–Trinajstić information content (AvgIpc) is 2.64. The number of ether oxygens (including phenoxy) is 2. The minimum Gasteiger partial charge on any atom is -0.497 e. The van der Waals surface area contributed by atoms with Gasteiger partial charge in [0.05, 0.1) is 19.9 Å². The molecule has 3 rings (SSSR count). The molecule has 0 saturated heterocycles. The first kappa shape index (κ1) is 16.4. The molecular weight excluding hydrogens is 300 g/mol. The van der Waals surface area contributed by atoms with Crippen LogP contribution in [-0.2, 0) is 12.8 Å². The molecule has 126 valence electrons. The molecule has 0 radical (unpaired) electrons. The Morgan fingerprint density at radius 3 is 2.42 bits per heavy atom. The van der Waals surface area contributed by atoms with Crippen molar-refractivity contribution in [2.75, 3.05) is 21.3 Å². The van der Waals surface area contributed by atoms with Crippen molar-refractivity contribution < 1.29 is 9.47 Å². The second-order valence-electron chi connectivity index (χ2n) is 6.03. The van der Waals surface area contributed by atoms with E-state index in [1.165, 1.54) is 16.7 Å². The largest absolute Gasteiger partial charge is 0.497 e. The fourth-order valence-corrected chi connectivity index (χ4v) is 3.34. The summed E-state index contributed by atoms with van der Waals surface area (Å²) in [4.78, 5) is 0. The van der Waals surface area contributed by atoms with Crippen LogP contribution in [0.25, 0.3) is 0 Å². The standard InChI is InChI=1S/C20H24N2O2/c1-21-22-20-16(12-14-4-9-17(23-2)10-5-14)7-6-15-8-11-18(24-3)13-19(15)20/h4-5,8-11,13,16,21H,6-7,12H2,1-3H3/b22-20+. The molecule has 0 aromatic heterocycles. The van der Waals surface area contributed by atoms with Gasteiger partial charge >= 0.3 is 0 Å². The van der Waals surface area contributed by atoms with Crippen LogP contribution in [0.15, 0.2) is 47.6 Å². The average molecular weight is 324 g/mol. The molecule has 1 aliphatic carbocycles. The molecule has 1 atom stereocenters. The maximum absolute atomic E-state index is 5.40. The van der Waals surface area contributed by atoms with Crippen LogP contribution < -0.4 is 14.9 Å². The van der Waals surface area contributed by atoms with Crippen molar-refractivity contribution in [2.24, 2.45) is 11.0 Å². The first-order chi connectivity index (χ1) is 11.7. The number of nitrogens with zero attached hydrogens (tertiary/aromatic N) is 1. The number of hydrazone groups is 1. The third-order valence-corrected chi connectivity index (χ3v) is 4.62. The number of fused-ring (bicyclic) bond motifs is 1. The van der Waals surface area contributed by atoms with Crippen LogP contribution in [0.2, 0.25) is 0 Å². The number of aryl methyl sites for hydroxylation is 1. The molecule has 0 spiro atoms. The Hall–Kier alpha value is -2.49. The normalized spacial score (nSPS) is 18.1. The minimum absolute atomic E-state index is 0.394. The predicted molar refractivity (Wildman–Crippen MR) is 97.1 cm³/mol. The Bertz CT molecular complexity index is 723. The topological polar surface area (TPSA) is 42.9 Å². The van der Waals surface area contributed by atoms with Gasteiger partial charge in [0.2, 0.25) is 0 Å². The van der Waals surface area contributed by atoms with E-state index in [1.54, 1.807) is 14.2 Å². The van der Waals surface area contributed by atoms with Gasteiger partial charge in [0, 0.05) is 18.5 Å². The van der Waals surface area contributed by atoms with E-state index in [9.17, 15) is 0 Å². The van der Waals surface area contributed by atoms with Crippen molar-refractivity contribution in [3.8, 4) is 11.5 Å². The van der Waals surface area contributed by atoms with Crippen molar-refractivity contribution in [3.63, 3.8) is 0 Å². The van der Waals surface area contributed by atoms with Crippen LogP contribution in [0.1, 0.15) is 23.1 Å². The molecule has 1 N–H and O–H groups in total. The molecule has 0 amide bonds. The zero-order chi connectivity index (χ0) is 16.9. The molecule has 2 aromatic carbocycles. The van der Waals surface area contributed by atoms with Crippen molar-refractivity contribution in [3.05, 3.63) is 59.2 Å². The number of benzene rings is 2. The van der Waals surface area contributed by atoms with Crippen LogP contribution in [0.5, 0.6) is 11.5 Å². The lowest BCUT2D eigenvalue weighted by Crippen LogP contribution is -2.27. The van der Waals surface area contributed by atoms with Gasteiger partial charge in [0.15, 0.2) is 0 Å². The lowest BCUT2D eigenvalue weighted by Gasteiger charge is -2.27. The lowest BCUT2D eigenvalue weighted by molar-refractivity contribution is 0.414. The Morgan fingerprint density at radius 1 is 1.04 bits per heavy atom. The molecule has 1 aliphatic rings. The van der Waals surface area contributed by atoms with Crippen LogP contribution in [0.3, 0.4) is 0 Å². The summed E-state index contributed by atoms with van der Waals surface area (Å²) >= 11 is 0. The molecule has 0 saturated carbocycles. The van der Waals surface area contributed by atoms with Gasteiger partial charge in [-0.25, -0.2) is 0 Å². The summed E-state index contributed by atoms with van der Waals surface area (Å²) in [7, 11) is 5.25. The maximum Gasteiger partial charge on any atom is 0.119 e. The van der Waals surface area contributed by atoms with Crippen molar-refractivity contribution >= 4 is 5.71 Å². The summed E-state index contributed by atoms with van der Waals surface area (Å²) in [6.07, 6.45) is 3.15. The van der Waals surface area contributed by atoms with Gasteiger partial charge in [-0.3, -0.25) is 0 Å². The van der Waals surface area contributed by atoms with E-state index >= 15 is 0 Å². The summed E-state index contributed by atoms with van der Waals surface area (Å²) in [5.74, 6) is 2.16. The van der Waals surface area contributed by atoms with Gasteiger partial charge in [-0.15, -0.1) is 0 Å². The summed E-state index contributed by atoms with van der Waals surface area (Å²) in [6.45, 7) is 0. The van der Waals surface area contributed by atoms with Crippen LogP contribution in [0, 0.1) is 5.92 Å². The smallest absolute Gasteiger partial charge is 0.119 e. The molecule has 0 bridgehead atoms. The van der Waals surface area contributed by atoms with Crippen LogP contribution in [-0.4, -0.2) is 27.0 Å². The Morgan fingerprint density at radius 2 is 1.75 bits per heavy atom. The van der Waals surface area contributed by atoms with E-state index in [-0.39, 0.29) is 0 Å². The summed E-state index contributed by atoms with van der Waals surface area (Å²) in [6, 6.07) is 14.6. The summed E-state index contributed by atoms with van der Waals surface area (Å²) in [5.41, 5.74) is 7.94. The molecule has 4 nitrogen and oxygen atoms in total. The molecule has 0 heterocycles. The third-order valence-electron chi connectivity index (χ3n) is 4.62. The van der Waals surface area contributed by atoms with Gasteiger partial charge in [-0.05, 0) is 54.7 Å². The Balaban J connectivity index is 1.88. The van der Waals surface area contributed by atoms with Gasteiger partial charge in [-0.1, -0.05) is 18.2 Å². The zero-order valence-corrected chi connectivity index (χ0v) is 14.5. The third kappa shape index (κ3) is 3.37. The highest BCUT2D eigenvalue weighted by molar-refractivity contribution is 6.04. The van der Waals surface area contributed by atoms with Crippen LogP contribution in [0.4, 0.5) is 0 Å². The molecule has 24 heavy (non-hydrogen) atoms. The highest BCUT2D eigenvalue weighted by Crippen LogP contribution is 2.31. The van der Waals surface area contributed by atoms with Gasteiger partial charge < -0.3 is 14.9 Å². The highest BCUT2D eigenvalue weighted by atomic mass is 16.5. The quantitative estimate of drug-likeness (QED) is 0.857. The molecular formula is C20H24N2O2. The summed E-state index contributed by atoms with van der Waals surface area (Å²) in [5, 5.41) is 4.60. The van der Waals surface area contributed by atoms with Gasteiger partial charge in [0.25, 0.3) is 0 Å². The SMILES string of the molecule is CN/N=C1/c2cc(OC)ccc2CCC1Cc1ccc(OC)cc1. The number of nitrogens with one attached hydrogen (secondary N) is 1. The predicted octanol–water partition coefficient (Wildman–Crippen LogP) is 3.43. The second kappa shape index (κ2) is 7.39. The van der Waals surface area contributed by atoms with E-state index < -0.39 is 0 Å². The van der Waals surface area contributed by atoms with E-state index in [2.05, 4.69) is 34.8 Å². The highest BCUT2D eigenvalue weighted by Gasteiger charge is 2.26. The first-order valence-corrected chi connectivity index (χ1v) is 8.29. The van der Waals surface area contributed by atoms with Crippen molar-refractivity contribution in [1.82, 2.24) is 5.43 Å². The number of hydrogen-bond donors (Lipinski definition) is 1. The van der Waals surface area contributed by atoms with Crippen molar-refractivity contribution in [1.29, 1.82) is 0 Å². The number of rotatable bonds is 5. The number of methoxy groups -OCH3 is 2. The number of hydrogen-bond acceptors (Lipinski definition) is 4. The van der Waals surface area contributed by atoms with E-state index in [1.807, 2.05) is 25.2 Å². The molecule has 2 aromatic rings. The lowest BCUT2D eigenvalue weighted by atomic mass is 9.79. The maximum atomic E-state index is 5.40. The molecule has 0 fully saturated rings. The molecule has 4 heteroatoms. The fourth-order valence-electron chi connectivity index (χ4n) is 3.34. The van der Waals surface area contributed by atoms with Crippen molar-refractivity contribution in [2.45, 2.75) is 19.3 Å². The van der Waals surface area contributed by atoms with E-state index in [0.29, 0.717) is 5.92 Å². The summed E-state index contributed by atoms with van der Waals surface area (Å²) < 4.78 is 10.6. The molecule has 0 aliphatic heterocycles. The molecule has 1 unspecified atom stereocenters. The fraction of sp³-hybridized carbons (Fsp3) is 0.350. The minimum atomic E-state index is 0.394. The zero-order valence-electron chi connectivity index (χ0n) is 14.5. The Kier molecular flexibility index (Phi) is 5.04. The second-order valence-corrected chi connectivity index (χ2v) is 6.03. The van der Waals surface area contributed by atoms with Gasteiger partial charge in [-0.2, -0.15) is 5.10 Å². The van der Waals surface area contributed by atoms with E-state index in [4.69, 9.17) is 9.47 Å². The monoisotopic (exact) mass is 324 g/mol.